The van der Waals surface area contributed by atoms with E-state index in [2.05, 4.69) is 29.7 Å². The molecule has 0 fully saturated rings. The Morgan fingerprint density at radius 1 is 0.875 bits per heavy atom. The van der Waals surface area contributed by atoms with Gasteiger partial charge in [-0.2, -0.15) is 0 Å². The Balaban J connectivity index is 1.72. The minimum absolute atomic E-state index is 0.0108. The molecule has 24 heavy (non-hydrogen) atoms. The largest absolute Gasteiger partial charge is 0.354 e. The van der Waals surface area contributed by atoms with E-state index in [0.717, 1.165) is 12.0 Å². The fourth-order valence-corrected chi connectivity index (χ4v) is 2.55. The van der Waals surface area contributed by atoms with Crippen LogP contribution in [-0.2, 0) is 16.0 Å². The molecule has 126 valence electrons. The van der Waals surface area contributed by atoms with Crippen molar-refractivity contribution in [1.82, 2.24) is 10.6 Å². The van der Waals surface area contributed by atoms with Crippen LogP contribution in [0.25, 0.3) is 0 Å². The van der Waals surface area contributed by atoms with Crippen LogP contribution in [0.1, 0.15) is 30.4 Å². The van der Waals surface area contributed by atoms with Crippen molar-refractivity contribution in [1.29, 1.82) is 0 Å². The first-order chi connectivity index (χ1) is 11.7. The molecule has 0 saturated heterocycles. The number of hydrogen-bond acceptors (Lipinski definition) is 2. The summed E-state index contributed by atoms with van der Waals surface area (Å²) in [5.74, 6) is -0.0209. The van der Waals surface area contributed by atoms with Gasteiger partial charge < -0.3 is 10.6 Å². The minimum Gasteiger partial charge on any atom is -0.354 e. The molecular formula is C20H24N2O2. The van der Waals surface area contributed by atoms with Crippen LogP contribution in [0.5, 0.6) is 0 Å². The van der Waals surface area contributed by atoms with Crippen molar-refractivity contribution >= 4 is 11.8 Å². The van der Waals surface area contributed by atoms with Crippen LogP contribution in [-0.4, -0.2) is 24.9 Å². The van der Waals surface area contributed by atoms with Crippen molar-refractivity contribution in [2.45, 2.75) is 25.7 Å². The molecule has 0 spiro atoms. The number of benzene rings is 2. The van der Waals surface area contributed by atoms with Gasteiger partial charge in [0.15, 0.2) is 0 Å². The molecule has 2 rings (SSSR count). The average molecular weight is 324 g/mol. The van der Waals surface area contributed by atoms with Crippen LogP contribution in [0.4, 0.5) is 0 Å². The fraction of sp³-hybridized carbons (Fsp3) is 0.300. The maximum atomic E-state index is 11.9. The average Bonchev–Trinajstić information content (AvgIpc) is 2.62. The number of carbonyl (C=O) groups is 2. The molecule has 0 aliphatic heterocycles. The van der Waals surface area contributed by atoms with E-state index < -0.39 is 0 Å². The fourth-order valence-electron chi connectivity index (χ4n) is 2.55. The second kappa shape index (κ2) is 9.50. The predicted molar refractivity (Wildman–Crippen MR) is 95.6 cm³/mol. The lowest BCUT2D eigenvalue weighted by atomic mass is 9.96. The van der Waals surface area contributed by atoms with Gasteiger partial charge in [0, 0.05) is 12.5 Å². The Kier molecular flexibility index (Phi) is 7.02. The highest BCUT2D eigenvalue weighted by molar-refractivity contribution is 5.85. The third kappa shape index (κ3) is 5.88. The summed E-state index contributed by atoms with van der Waals surface area (Å²) in [5, 5.41) is 5.56. The van der Waals surface area contributed by atoms with Crippen LogP contribution < -0.4 is 10.6 Å². The van der Waals surface area contributed by atoms with Crippen LogP contribution in [0.15, 0.2) is 60.7 Å². The second-order valence-corrected chi connectivity index (χ2v) is 5.76. The van der Waals surface area contributed by atoms with E-state index in [1.807, 2.05) is 48.5 Å². The SMILES string of the molecule is CCC(CNC(=O)CNC(=O)Cc1ccccc1)c1ccccc1. The first kappa shape index (κ1) is 17.7. The molecule has 0 aromatic heterocycles. The van der Waals surface area contributed by atoms with Crippen LogP contribution in [0, 0.1) is 0 Å². The summed E-state index contributed by atoms with van der Waals surface area (Å²) in [7, 11) is 0. The molecular weight excluding hydrogens is 300 g/mol. The van der Waals surface area contributed by atoms with E-state index in [4.69, 9.17) is 0 Å². The smallest absolute Gasteiger partial charge is 0.239 e. The molecule has 0 aliphatic carbocycles. The van der Waals surface area contributed by atoms with E-state index in [1.54, 1.807) is 0 Å². The highest BCUT2D eigenvalue weighted by Crippen LogP contribution is 2.17. The summed E-state index contributed by atoms with van der Waals surface area (Å²) >= 11 is 0. The standard InChI is InChI=1S/C20H24N2O2/c1-2-17(18-11-7-4-8-12-18)14-21-20(24)15-22-19(23)13-16-9-5-3-6-10-16/h3-12,17H,2,13-15H2,1H3,(H,21,24)(H,22,23). The normalized spacial score (nSPS) is 11.5. The Bertz CT molecular complexity index is 641. The lowest BCUT2D eigenvalue weighted by molar-refractivity contribution is -0.125. The maximum Gasteiger partial charge on any atom is 0.239 e. The van der Waals surface area contributed by atoms with Crippen molar-refractivity contribution < 1.29 is 9.59 Å². The Morgan fingerprint density at radius 3 is 2.12 bits per heavy atom. The minimum atomic E-state index is -0.161. The monoisotopic (exact) mass is 324 g/mol. The molecule has 1 atom stereocenters. The van der Waals surface area contributed by atoms with Crippen molar-refractivity contribution in [3.05, 3.63) is 71.8 Å². The van der Waals surface area contributed by atoms with E-state index in [0.29, 0.717) is 6.54 Å². The van der Waals surface area contributed by atoms with Gasteiger partial charge in [0.2, 0.25) is 11.8 Å². The van der Waals surface area contributed by atoms with Gasteiger partial charge in [-0.25, -0.2) is 0 Å². The van der Waals surface area contributed by atoms with Gasteiger partial charge >= 0.3 is 0 Å². The highest BCUT2D eigenvalue weighted by atomic mass is 16.2. The van der Waals surface area contributed by atoms with Gasteiger partial charge in [-0.1, -0.05) is 67.6 Å². The highest BCUT2D eigenvalue weighted by Gasteiger charge is 2.11. The number of rotatable bonds is 8. The Labute approximate surface area is 143 Å². The quantitative estimate of drug-likeness (QED) is 0.784. The second-order valence-electron chi connectivity index (χ2n) is 5.76. The van der Waals surface area contributed by atoms with Gasteiger partial charge in [-0.3, -0.25) is 9.59 Å². The summed E-state index contributed by atoms with van der Waals surface area (Å²) in [5.41, 5.74) is 2.15. The Morgan fingerprint density at radius 2 is 1.50 bits per heavy atom. The molecule has 1 unspecified atom stereocenters. The van der Waals surface area contributed by atoms with E-state index in [-0.39, 0.29) is 30.7 Å². The zero-order valence-electron chi connectivity index (χ0n) is 14.0. The molecule has 0 aliphatic rings. The van der Waals surface area contributed by atoms with Crippen molar-refractivity contribution in [2.75, 3.05) is 13.1 Å². The maximum absolute atomic E-state index is 11.9. The van der Waals surface area contributed by atoms with Gasteiger partial charge in [0.05, 0.1) is 13.0 Å². The number of amides is 2. The van der Waals surface area contributed by atoms with E-state index >= 15 is 0 Å². The third-order valence-electron chi connectivity index (χ3n) is 3.96. The van der Waals surface area contributed by atoms with Crippen molar-refractivity contribution in [3.63, 3.8) is 0 Å². The molecule has 0 bridgehead atoms. The number of nitrogens with one attached hydrogen (secondary N) is 2. The first-order valence-corrected chi connectivity index (χ1v) is 8.31. The molecule has 2 amide bonds. The van der Waals surface area contributed by atoms with E-state index in [1.165, 1.54) is 5.56 Å². The van der Waals surface area contributed by atoms with Gasteiger partial charge in [0.1, 0.15) is 0 Å². The molecule has 0 radical (unpaired) electrons. The Hall–Kier alpha value is -2.62. The lowest BCUT2D eigenvalue weighted by Gasteiger charge is -2.16. The number of hydrogen-bond donors (Lipinski definition) is 2. The molecule has 4 heteroatoms. The van der Waals surface area contributed by atoms with Crippen molar-refractivity contribution in [3.8, 4) is 0 Å². The summed E-state index contributed by atoms with van der Waals surface area (Å²) in [6, 6.07) is 19.6. The van der Waals surface area contributed by atoms with Crippen molar-refractivity contribution in [2.24, 2.45) is 0 Å². The third-order valence-corrected chi connectivity index (χ3v) is 3.96. The first-order valence-electron chi connectivity index (χ1n) is 8.31. The zero-order valence-corrected chi connectivity index (χ0v) is 14.0. The van der Waals surface area contributed by atoms with E-state index in [9.17, 15) is 9.59 Å². The molecule has 0 heterocycles. The lowest BCUT2D eigenvalue weighted by Crippen LogP contribution is -2.39. The zero-order chi connectivity index (χ0) is 17.2. The predicted octanol–water partition coefficient (Wildman–Crippen LogP) is 2.66. The molecule has 2 aromatic rings. The van der Waals surface area contributed by atoms with Gasteiger partial charge in [0.25, 0.3) is 0 Å². The molecule has 4 nitrogen and oxygen atoms in total. The molecule has 2 aromatic carbocycles. The topological polar surface area (TPSA) is 58.2 Å². The van der Waals surface area contributed by atoms with Crippen LogP contribution in [0.2, 0.25) is 0 Å². The summed E-state index contributed by atoms with van der Waals surface area (Å²) in [6.07, 6.45) is 1.24. The van der Waals surface area contributed by atoms with Crippen LogP contribution in [0.3, 0.4) is 0 Å². The van der Waals surface area contributed by atoms with Gasteiger partial charge in [-0.15, -0.1) is 0 Å². The summed E-state index contributed by atoms with van der Waals surface area (Å²) < 4.78 is 0. The summed E-state index contributed by atoms with van der Waals surface area (Å²) in [6.45, 7) is 2.69. The van der Waals surface area contributed by atoms with Gasteiger partial charge in [-0.05, 0) is 17.5 Å². The van der Waals surface area contributed by atoms with Crippen LogP contribution >= 0.6 is 0 Å². The molecule has 2 N–H and O–H groups in total. The number of carbonyl (C=O) groups excluding carboxylic acids is 2. The molecule has 0 saturated carbocycles. The summed E-state index contributed by atoms with van der Waals surface area (Å²) in [4.78, 5) is 23.8.